The molecule has 1 saturated heterocycles. The fourth-order valence-electron chi connectivity index (χ4n) is 3.34. The number of nitrogens with zero attached hydrogens (tertiary/aromatic N) is 5. The van der Waals surface area contributed by atoms with Gasteiger partial charge in [0.1, 0.15) is 6.54 Å². The van der Waals surface area contributed by atoms with Crippen molar-refractivity contribution >= 4 is 23.5 Å². The number of carbonyl (C=O) groups excluding carboxylic acids is 2. The molecular formula is C21H29N7O2. The Kier molecular flexibility index (Phi) is 7.05. The van der Waals surface area contributed by atoms with Gasteiger partial charge in [0.2, 0.25) is 5.91 Å². The molecule has 1 aromatic heterocycles. The highest BCUT2D eigenvalue weighted by atomic mass is 16.2. The predicted molar refractivity (Wildman–Crippen MR) is 116 cm³/mol. The largest absolute Gasteiger partial charge is 0.356 e. The Bertz CT molecular complexity index is 922. The van der Waals surface area contributed by atoms with E-state index in [1.165, 1.54) is 0 Å². The number of anilines is 1. The maximum Gasteiger partial charge on any atom is 0.251 e. The Labute approximate surface area is 176 Å². The molecule has 1 aliphatic heterocycles. The smallest absolute Gasteiger partial charge is 0.251 e. The minimum atomic E-state index is -0.0904. The topological polar surface area (TPSA) is 94.9 Å². The molecule has 0 aliphatic carbocycles. The number of amides is 2. The summed E-state index contributed by atoms with van der Waals surface area (Å²) in [6.45, 7) is 7.10. The van der Waals surface area contributed by atoms with Crippen molar-refractivity contribution in [2.45, 2.75) is 20.4 Å². The highest BCUT2D eigenvalue weighted by molar-refractivity contribution is 5.98. The summed E-state index contributed by atoms with van der Waals surface area (Å²) in [5.41, 5.74) is 2.37. The molecule has 2 amide bonds. The van der Waals surface area contributed by atoms with Gasteiger partial charge in [-0.05, 0) is 31.5 Å². The second-order valence-electron chi connectivity index (χ2n) is 7.07. The van der Waals surface area contributed by atoms with E-state index in [1.807, 2.05) is 50.2 Å². The molecule has 0 radical (unpaired) electrons. The fourth-order valence-corrected chi connectivity index (χ4v) is 3.34. The average Bonchev–Trinajstić information content (AvgIpc) is 3.17. The number of aryl methyl sites for hydroxylation is 1. The van der Waals surface area contributed by atoms with Crippen LogP contribution in [0.2, 0.25) is 0 Å². The third-order valence-corrected chi connectivity index (χ3v) is 4.80. The average molecular weight is 412 g/mol. The zero-order chi connectivity index (χ0) is 21.5. The van der Waals surface area contributed by atoms with E-state index < -0.39 is 0 Å². The maximum atomic E-state index is 12.7. The fraction of sp³-hybridized carbons (Fsp3) is 0.429. The Morgan fingerprint density at radius 2 is 2.00 bits per heavy atom. The first-order valence-electron chi connectivity index (χ1n) is 10.2. The predicted octanol–water partition coefficient (Wildman–Crippen LogP) is 0.984. The van der Waals surface area contributed by atoms with E-state index in [1.54, 1.807) is 21.8 Å². The molecule has 0 bridgehead atoms. The Morgan fingerprint density at radius 3 is 2.67 bits per heavy atom. The number of aromatic nitrogens is 2. The minimum absolute atomic E-state index is 0.0121. The third kappa shape index (κ3) is 5.16. The van der Waals surface area contributed by atoms with Gasteiger partial charge in [0.05, 0.1) is 18.4 Å². The zero-order valence-corrected chi connectivity index (χ0v) is 17.8. The van der Waals surface area contributed by atoms with Crippen LogP contribution in [0.1, 0.15) is 29.8 Å². The molecule has 0 atom stereocenters. The van der Waals surface area contributed by atoms with Crippen molar-refractivity contribution in [2.24, 2.45) is 12.0 Å². The molecule has 0 saturated carbocycles. The first-order valence-corrected chi connectivity index (χ1v) is 10.2. The van der Waals surface area contributed by atoms with Crippen molar-refractivity contribution < 1.29 is 9.59 Å². The lowest BCUT2D eigenvalue weighted by atomic mass is 10.1. The molecule has 9 heteroatoms. The summed E-state index contributed by atoms with van der Waals surface area (Å²) >= 11 is 0. The van der Waals surface area contributed by atoms with Gasteiger partial charge in [-0.3, -0.25) is 14.3 Å². The van der Waals surface area contributed by atoms with Gasteiger partial charge in [-0.2, -0.15) is 5.10 Å². The zero-order valence-electron chi connectivity index (χ0n) is 17.8. The van der Waals surface area contributed by atoms with E-state index in [4.69, 9.17) is 4.99 Å². The van der Waals surface area contributed by atoms with Gasteiger partial charge in [0, 0.05) is 45.0 Å². The summed E-state index contributed by atoms with van der Waals surface area (Å²) in [4.78, 5) is 33.2. The minimum Gasteiger partial charge on any atom is -0.356 e. The molecule has 1 aliphatic rings. The molecule has 1 fully saturated rings. The highest BCUT2D eigenvalue weighted by Crippen LogP contribution is 2.16. The van der Waals surface area contributed by atoms with Gasteiger partial charge in [-0.25, -0.2) is 4.99 Å². The van der Waals surface area contributed by atoms with E-state index in [0.717, 1.165) is 11.3 Å². The number of benzene rings is 1. The number of piperazine rings is 1. The number of nitrogens with one attached hydrogen (secondary N) is 2. The lowest BCUT2D eigenvalue weighted by Crippen LogP contribution is -2.55. The van der Waals surface area contributed by atoms with Crippen molar-refractivity contribution in [3.63, 3.8) is 0 Å². The molecule has 2 aromatic rings. The maximum absolute atomic E-state index is 12.7. The SMILES string of the molecule is CCNC(=O)c1cccc(CN=C(NCC)N2CCN(c3cnn(C)c3)C(=O)C2)c1. The summed E-state index contributed by atoms with van der Waals surface area (Å²) in [5, 5.41) is 10.2. The van der Waals surface area contributed by atoms with Gasteiger partial charge in [-0.15, -0.1) is 0 Å². The molecule has 0 unspecified atom stereocenters. The van der Waals surface area contributed by atoms with Crippen molar-refractivity contribution in [3.05, 3.63) is 47.8 Å². The lowest BCUT2D eigenvalue weighted by molar-refractivity contribution is -0.120. The van der Waals surface area contributed by atoms with Crippen LogP contribution in [0.3, 0.4) is 0 Å². The molecule has 160 valence electrons. The van der Waals surface area contributed by atoms with Crippen LogP contribution in [0.4, 0.5) is 5.69 Å². The number of hydrogen-bond donors (Lipinski definition) is 2. The standard InChI is InChI=1S/C21H29N7O2/c1-4-22-20(30)17-8-6-7-16(11-17)12-24-21(23-5-2)27-9-10-28(19(29)15-27)18-13-25-26(3)14-18/h6-8,11,13-14H,4-5,9-10,12,15H2,1-3H3,(H,22,30)(H,23,24). The molecule has 3 rings (SSSR count). The van der Waals surface area contributed by atoms with Crippen molar-refractivity contribution in [3.8, 4) is 0 Å². The van der Waals surface area contributed by atoms with Crippen LogP contribution in [0.5, 0.6) is 0 Å². The van der Waals surface area contributed by atoms with Crippen LogP contribution in [-0.4, -0.2) is 65.2 Å². The number of hydrogen-bond acceptors (Lipinski definition) is 4. The van der Waals surface area contributed by atoms with E-state index in [0.29, 0.717) is 44.2 Å². The number of guanidine groups is 1. The highest BCUT2D eigenvalue weighted by Gasteiger charge is 2.27. The van der Waals surface area contributed by atoms with E-state index >= 15 is 0 Å². The van der Waals surface area contributed by atoms with Crippen molar-refractivity contribution in [1.82, 2.24) is 25.3 Å². The normalized spacial score (nSPS) is 14.8. The number of aliphatic imine (C=N–C) groups is 1. The third-order valence-electron chi connectivity index (χ3n) is 4.80. The Hall–Kier alpha value is -3.36. The number of carbonyl (C=O) groups is 2. The van der Waals surface area contributed by atoms with Crippen LogP contribution in [0.15, 0.2) is 41.7 Å². The second-order valence-corrected chi connectivity index (χ2v) is 7.07. The monoisotopic (exact) mass is 411 g/mol. The molecule has 30 heavy (non-hydrogen) atoms. The molecule has 0 spiro atoms. The second kappa shape index (κ2) is 9.91. The van der Waals surface area contributed by atoms with Crippen molar-refractivity contribution in [2.75, 3.05) is 37.6 Å². The van der Waals surface area contributed by atoms with Crippen LogP contribution < -0.4 is 15.5 Å². The van der Waals surface area contributed by atoms with E-state index in [9.17, 15) is 9.59 Å². The van der Waals surface area contributed by atoms with Crippen LogP contribution in [0, 0.1) is 0 Å². The van der Waals surface area contributed by atoms with E-state index in [2.05, 4.69) is 15.7 Å². The summed E-state index contributed by atoms with van der Waals surface area (Å²) in [7, 11) is 1.83. The first kappa shape index (κ1) is 21.4. The van der Waals surface area contributed by atoms with Crippen LogP contribution in [-0.2, 0) is 18.4 Å². The summed E-state index contributed by atoms with van der Waals surface area (Å²) < 4.78 is 1.69. The first-order chi connectivity index (χ1) is 14.5. The molecule has 1 aromatic carbocycles. The van der Waals surface area contributed by atoms with Gasteiger partial charge in [0.15, 0.2) is 5.96 Å². The van der Waals surface area contributed by atoms with Gasteiger partial charge in [0.25, 0.3) is 5.91 Å². The molecule has 2 N–H and O–H groups in total. The van der Waals surface area contributed by atoms with Crippen LogP contribution >= 0.6 is 0 Å². The summed E-state index contributed by atoms with van der Waals surface area (Å²) in [6.07, 6.45) is 3.54. The molecule has 2 heterocycles. The van der Waals surface area contributed by atoms with Gasteiger partial charge < -0.3 is 20.4 Å². The molecule has 9 nitrogen and oxygen atoms in total. The van der Waals surface area contributed by atoms with Gasteiger partial charge in [-0.1, -0.05) is 12.1 Å². The van der Waals surface area contributed by atoms with Crippen molar-refractivity contribution in [1.29, 1.82) is 0 Å². The summed E-state index contributed by atoms with van der Waals surface area (Å²) in [5.74, 6) is 0.616. The quantitative estimate of drug-likeness (QED) is 0.546. The Morgan fingerprint density at radius 1 is 1.20 bits per heavy atom. The van der Waals surface area contributed by atoms with E-state index in [-0.39, 0.29) is 18.4 Å². The van der Waals surface area contributed by atoms with Crippen LogP contribution in [0.25, 0.3) is 0 Å². The lowest BCUT2D eigenvalue weighted by Gasteiger charge is -2.35. The summed E-state index contributed by atoms with van der Waals surface area (Å²) in [6, 6.07) is 7.45. The molecular weight excluding hydrogens is 382 g/mol. The Balaban J connectivity index is 1.69. The number of rotatable bonds is 6. The van der Waals surface area contributed by atoms with Gasteiger partial charge >= 0.3 is 0 Å².